The van der Waals surface area contributed by atoms with E-state index >= 15 is 0 Å². The number of hydrogen-bond donors (Lipinski definition) is 1. The van der Waals surface area contributed by atoms with Crippen LogP contribution in [0.2, 0.25) is 0 Å². The standard InChI is InChI=1S/C20H22FNO4S/c1-14-10-18(21)7-8-19(14)27(25,26)22-9-3-6-17(13-22)16-5-2-4-15(11-16)12-20(23)24/h2,4-5,7-8,10-11,17H,3,6,9,12-13H2,1H3,(H,23,24). The number of aliphatic carboxylic acids is 1. The highest BCUT2D eigenvalue weighted by atomic mass is 32.2. The molecule has 2 aromatic rings. The van der Waals surface area contributed by atoms with Crippen LogP contribution >= 0.6 is 0 Å². The molecular formula is C20H22FNO4S. The van der Waals surface area contributed by atoms with Gasteiger partial charge < -0.3 is 5.11 Å². The molecule has 1 unspecified atom stereocenters. The van der Waals surface area contributed by atoms with Gasteiger partial charge in [0.1, 0.15) is 5.82 Å². The summed E-state index contributed by atoms with van der Waals surface area (Å²) in [7, 11) is -3.71. The van der Waals surface area contributed by atoms with Gasteiger partial charge in [0, 0.05) is 13.1 Å². The van der Waals surface area contributed by atoms with Gasteiger partial charge in [-0.2, -0.15) is 4.31 Å². The number of carboxylic acid groups (broad SMARTS) is 1. The second kappa shape index (κ2) is 7.78. The minimum Gasteiger partial charge on any atom is -0.481 e. The number of aryl methyl sites for hydroxylation is 1. The molecule has 144 valence electrons. The first-order valence-corrected chi connectivity index (χ1v) is 10.3. The monoisotopic (exact) mass is 391 g/mol. The van der Waals surface area contributed by atoms with E-state index < -0.39 is 21.8 Å². The molecule has 0 amide bonds. The molecule has 0 radical (unpaired) electrons. The summed E-state index contributed by atoms with van der Waals surface area (Å²) in [4.78, 5) is 11.1. The van der Waals surface area contributed by atoms with Gasteiger partial charge in [-0.3, -0.25) is 4.79 Å². The zero-order valence-electron chi connectivity index (χ0n) is 15.1. The van der Waals surface area contributed by atoms with Crippen LogP contribution in [0.5, 0.6) is 0 Å². The molecule has 1 aliphatic rings. The topological polar surface area (TPSA) is 74.7 Å². The third-order valence-corrected chi connectivity index (χ3v) is 6.94. The Morgan fingerprint density at radius 3 is 2.74 bits per heavy atom. The van der Waals surface area contributed by atoms with Crippen molar-refractivity contribution in [3.05, 3.63) is 65.0 Å². The van der Waals surface area contributed by atoms with Crippen LogP contribution < -0.4 is 0 Å². The zero-order chi connectivity index (χ0) is 19.6. The van der Waals surface area contributed by atoms with Gasteiger partial charge in [-0.25, -0.2) is 12.8 Å². The molecular weight excluding hydrogens is 369 g/mol. The molecule has 1 aliphatic heterocycles. The maximum Gasteiger partial charge on any atom is 0.307 e. The van der Waals surface area contributed by atoms with Gasteiger partial charge in [-0.1, -0.05) is 24.3 Å². The van der Waals surface area contributed by atoms with E-state index in [1.54, 1.807) is 13.0 Å². The Labute approximate surface area is 158 Å². The molecule has 2 aromatic carbocycles. The van der Waals surface area contributed by atoms with Gasteiger partial charge >= 0.3 is 5.97 Å². The van der Waals surface area contributed by atoms with Gasteiger partial charge in [-0.15, -0.1) is 0 Å². The van der Waals surface area contributed by atoms with Crippen molar-refractivity contribution in [2.75, 3.05) is 13.1 Å². The molecule has 1 heterocycles. The quantitative estimate of drug-likeness (QED) is 0.848. The van der Waals surface area contributed by atoms with Crippen LogP contribution in [-0.2, 0) is 21.2 Å². The first-order chi connectivity index (χ1) is 12.8. The number of halogens is 1. The molecule has 27 heavy (non-hydrogen) atoms. The Balaban J connectivity index is 1.84. The van der Waals surface area contributed by atoms with Crippen molar-refractivity contribution in [3.8, 4) is 0 Å². The lowest BCUT2D eigenvalue weighted by atomic mass is 9.90. The highest BCUT2D eigenvalue weighted by Crippen LogP contribution is 2.31. The number of carbonyl (C=O) groups is 1. The maximum absolute atomic E-state index is 13.3. The molecule has 7 heteroatoms. The molecule has 0 spiro atoms. The smallest absolute Gasteiger partial charge is 0.307 e. The number of nitrogens with zero attached hydrogens (tertiary/aromatic N) is 1. The fourth-order valence-electron chi connectivity index (χ4n) is 3.61. The van der Waals surface area contributed by atoms with E-state index in [1.165, 1.54) is 16.4 Å². The van der Waals surface area contributed by atoms with E-state index in [4.69, 9.17) is 5.11 Å². The fraction of sp³-hybridized carbons (Fsp3) is 0.350. The maximum atomic E-state index is 13.3. The van der Waals surface area contributed by atoms with Crippen molar-refractivity contribution < 1.29 is 22.7 Å². The number of benzene rings is 2. The van der Waals surface area contributed by atoms with Crippen molar-refractivity contribution in [2.24, 2.45) is 0 Å². The second-order valence-corrected chi connectivity index (χ2v) is 8.83. The molecule has 3 rings (SSSR count). The first kappa shape index (κ1) is 19.5. The van der Waals surface area contributed by atoms with Crippen molar-refractivity contribution in [1.82, 2.24) is 4.31 Å². The summed E-state index contributed by atoms with van der Waals surface area (Å²) in [5.74, 6) is -1.35. The van der Waals surface area contributed by atoms with E-state index in [9.17, 15) is 17.6 Å². The Hall–Kier alpha value is -2.25. The number of sulfonamides is 1. The Morgan fingerprint density at radius 1 is 1.26 bits per heavy atom. The van der Waals surface area contributed by atoms with Crippen molar-refractivity contribution >= 4 is 16.0 Å². The van der Waals surface area contributed by atoms with E-state index in [0.29, 0.717) is 30.6 Å². The predicted octanol–water partition coefficient (Wildman–Crippen LogP) is 3.33. The molecule has 5 nitrogen and oxygen atoms in total. The molecule has 0 aromatic heterocycles. The molecule has 0 bridgehead atoms. The van der Waals surface area contributed by atoms with Crippen LogP contribution in [0.1, 0.15) is 35.4 Å². The van der Waals surface area contributed by atoms with Gasteiger partial charge in [0.2, 0.25) is 10.0 Å². The highest BCUT2D eigenvalue weighted by Gasteiger charge is 2.32. The summed E-state index contributed by atoms with van der Waals surface area (Å²) in [6.45, 7) is 2.34. The van der Waals surface area contributed by atoms with Crippen molar-refractivity contribution in [3.63, 3.8) is 0 Å². The number of hydrogen-bond acceptors (Lipinski definition) is 3. The third kappa shape index (κ3) is 4.36. The number of piperidine rings is 1. The SMILES string of the molecule is Cc1cc(F)ccc1S(=O)(=O)N1CCCC(c2cccc(CC(=O)O)c2)C1. The Bertz CT molecular complexity index is 958. The summed E-state index contributed by atoms with van der Waals surface area (Å²) in [5.41, 5.74) is 2.04. The van der Waals surface area contributed by atoms with Gasteiger partial charge in [0.05, 0.1) is 11.3 Å². The fourth-order valence-corrected chi connectivity index (χ4v) is 5.34. The predicted molar refractivity (Wildman–Crippen MR) is 99.7 cm³/mol. The minimum atomic E-state index is -3.71. The van der Waals surface area contributed by atoms with Crippen LogP contribution in [0.4, 0.5) is 4.39 Å². The van der Waals surface area contributed by atoms with E-state index in [0.717, 1.165) is 18.1 Å². The summed E-state index contributed by atoms with van der Waals surface area (Å²) < 4.78 is 40.9. The molecule has 0 saturated carbocycles. The lowest BCUT2D eigenvalue weighted by molar-refractivity contribution is -0.136. The average Bonchev–Trinajstić information content (AvgIpc) is 2.61. The minimum absolute atomic E-state index is 0.00280. The lowest BCUT2D eigenvalue weighted by Gasteiger charge is -2.32. The second-order valence-electron chi connectivity index (χ2n) is 6.93. The lowest BCUT2D eigenvalue weighted by Crippen LogP contribution is -2.39. The van der Waals surface area contributed by atoms with E-state index in [-0.39, 0.29) is 17.2 Å². The van der Waals surface area contributed by atoms with Crippen molar-refractivity contribution in [1.29, 1.82) is 0 Å². The normalized spacial score (nSPS) is 18.4. The molecule has 1 fully saturated rings. The molecule has 1 N–H and O–H groups in total. The van der Waals surface area contributed by atoms with Crippen molar-refractivity contribution in [2.45, 2.75) is 37.0 Å². The average molecular weight is 391 g/mol. The van der Waals surface area contributed by atoms with Crippen LogP contribution in [0, 0.1) is 12.7 Å². The molecule has 1 atom stereocenters. The van der Waals surface area contributed by atoms with E-state index in [1.807, 2.05) is 18.2 Å². The summed E-state index contributed by atoms with van der Waals surface area (Å²) >= 11 is 0. The third-order valence-electron chi connectivity index (χ3n) is 4.92. The van der Waals surface area contributed by atoms with Gasteiger partial charge in [0.15, 0.2) is 0 Å². The molecule has 0 aliphatic carbocycles. The van der Waals surface area contributed by atoms with E-state index in [2.05, 4.69) is 0 Å². The Morgan fingerprint density at radius 2 is 2.04 bits per heavy atom. The Kier molecular flexibility index (Phi) is 5.62. The van der Waals surface area contributed by atoms with Crippen LogP contribution in [0.3, 0.4) is 0 Å². The first-order valence-electron chi connectivity index (χ1n) is 8.84. The summed E-state index contributed by atoms with van der Waals surface area (Å²) in [5, 5.41) is 8.97. The van der Waals surface area contributed by atoms with Crippen LogP contribution in [-0.4, -0.2) is 36.9 Å². The van der Waals surface area contributed by atoms with Gasteiger partial charge in [0.25, 0.3) is 0 Å². The molecule has 1 saturated heterocycles. The summed E-state index contributed by atoms with van der Waals surface area (Å²) in [6, 6.07) is 11.0. The zero-order valence-corrected chi connectivity index (χ0v) is 15.9. The highest BCUT2D eigenvalue weighted by molar-refractivity contribution is 7.89. The van der Waals surface area contributed by atoms with Crippen LogP contribution in [0.25, 0.3) is 0 Å². The number of carboxylic acids is 1. The summed E-state index contributed by atoms with van der Waals surface area (Å²) in [6.07, 6.45) is 1.50. The number of rotatable bonds is 5. The largest absolute Gasteiger partial charge is 0.481 e. The van der Waals surface area contributed by atoms with Crippen LogP contribution in [0.15, 0.2) is 47.4 Å². The van der Waals surface area contributed by atoms with Gasteiger partial charge in [-0.05, 0) is 60.6 Å².